The molecule has 0 saturated heterocycles. The Hall–Kier alpha value is -0.330. The first kappa shape index (κ1) is 16.7. The number of likely N-dealkylation sites (N-methyl/N-ethyl adjacent to an activating group) is 1. The summed E-state index contributed by atoms with van der Waals surface area (Å²) in [6.45, 7) is 7.38. The largest absolute Gasteiger partial charge is 0.411 e. The highest BCUT2D eigenvalue weighted by Gasteiger charge is 2.27. The van der Waals surface area contributed by atoms with Crippen molar-refractivity contribution in [2.45, 2.75) is 26.4 Å². The molecule has 0 atom stereocenters. The first-order valence-corrected chi connectivity index (χ1v) is 6.07. The van der Waals surface area contributed by atoms with Crippen molar-refractivity contribution in [2.24, 2.45) is 0 Å². The molecule has 0 radical (unpaired) electrons. The molecule has 104 valence electrons. The molecule has 0 aliphatic carbocycles. The van der Waals surface area contributed by atoms with Gasteiger partial charge in [-0.25, -0.2) is 0 Å². The van der Waals surface area contributed by atoms with E-state index in [2.05, 4.69) is 28.8 Å². The molecule has 0 bridgehead atoms. The van der Waals surface area contributed by atoms with Gasteiger partial charge in [-0.3, -0.25) is 0 Å². The molecule has 1 N–H and O–H groups in total. The Morgan fingerprint density at radius 3 is 2.35 bits per heavy atom. The molecule has 0 spiro atoms. The lowest BCUT2D eigenvalue weighted by atomic mass is 10.4. The minimum Gasteiger partial charge on any atom is -0.371 e. The van der Waals surface area contributed by atoms with Crippen LogP contribution in [0.3, 0.4) is 0 Å². The topological polar surface area (TPSA) is 24.5 Å². The van der Waals surface area contributed by atoms with E-state index < -0.39 is 12.8 Å². The van der Waals surface area contributed by atoms with Crippen LogP contribution in [-0.2, 0) is 4.74 Å². The van der Waals surface area contributed by atoms with E-state index in [1.165, 1.54) is 0 Å². The third kappa shape index (κ3) is 11.9. The molecule has 0 rings (SSSR count). The van der Waals surface area contributed by atoms with Gasteiger partial charge in [0.1, 0.15) is 6.61 Å². The summed E-state index contributed by atoms with van der Waals surface area (Å²) in [7, 11) is 0. The molecule has 0 amide bonds. The zero-order chi connectivity index (χ0) is 13.1. The molecule has 6 heteroatoms. The molecule has 3 nitrogen and oxygen atoms in total. The lowest BCUT2D eigenvalue weighted by Crippen LogP contribution is -2.34. The molecule has 0 heterocycles. The number of nitrogens with one attached hydrogen (secondary N) is 1. The number of hydrogen-bond acceptors (Lipinski definition) is 3. The number of halogens is 3. The van der Waals surface area contributed by atoms with Gasteiger partial charge in [-0.05, 0) is 19.5 Å². The fourth-order valence-electron chi connectivity index (χ4n) is 1.44. The molecule has 0 aromatic carbocycles. The van der Waals surface area contributed by atoms with Crippen molar-refractivity contribution in [1.29, 1.82) is 0 Å². The first-order valence-electron chi connectivity index (χ1n) is 6.07. The fraction of sp³-hybridized carbons (Fsp3) is 1.00. The van der Waals surface area contributed by atoms with Gasteiger partial charge in [0.05, 0.1) is 6.61 Å². The SMILES string of the molecule is CCCN(CC)CCNCCOCC(F)(F)F. The Morgan fingerprint density at radius 2 is 1.82 bits per heavy atom. The van der Waals surface area contributed by atoms with Crippen molar-refractivity contribution in [3.8, 4) is 0 Å². The van der Waals surface area contributed by atoms with E-state index >= 15 is 0 Å². The van der Waals surface area contributed by atoms with Crippen molar-refractivity contribution in [2.75, 3.05) is 45.9 Å². The number of hydrogen-bond donors (Lipinski definition) is 1. The van der Waals surface area contributed by atoms with Gasteiger partial charge in [0.15, 0.2) is 0 Å². The second-order valence-corrected chi connectivity index (χ2v) is 3.85. The van der Waals surface area contributed by atoms with Gasteiger partial charge in [-0.1, -0.05) is 13.8 Å². The van der Waals surface area contributed by atoms with Gasteiger partial charge in [-0.2, -0.15) is 13.2 Å². The van der Waals surface area contributed by atoms with Crippen molar-refractivity contribution >= 4 is 0 Å². The van der Waals surface area contributed by atoms with Crippen LogP contribution >= 0.6 is 0 Å². The van der Waals surface area contributed by atoms with Crippen molar-refractivity contribution < 1.29 is 17.9 Å². The smallest absolute Gasteiger partial charge is 0.371 e. The van der Waals surface area contributed by atoms with Crippen LogP contribution < -0.4 is 5.32 Å². The molecule has 0 aromatic heterocycles. The summed E-state index contributed by atoms with van der Waals surface area (Å²) in [4.78, 5) is 2.30. The van der Waals surface area contributed by atoms with Crippen LogP contribution in [0.4, 0.5) is 13.2 Å². The summed E-state index contributed by atoms with van der Waals surface area (Å²) in [5, 5.41) is 3.06. The van der Waals surface area contributed by atoms with Gasteiger partial charge >= 0.3 is 6.18 Å². The average Bonchev–Trinajstić information content (AvgIpc) is 2.24. The normalized spacial score (nSPS) is 12.4. The quantitative estimate of drug-likeness (QED) is 0.604. The van der Waals surface area contributed by atoms with Gasteiger partial charge in [-0.15, -0.1) is 0 Å². The van der Waals surface area contributed by atoms with Crippen LogP contribution in [0.15, 0.2) is 0 Å². The highest BCUT2D eigenvalue weighted by atomic mass is 19.4. The molecular formula is C11H23F3N2O. The lowest BCUT2D eigenvalue weighted by molar-refractivity contribution is -0.173. The zero-order valence-corrected chi connectivity index (χ0v) is 10.6. The summed E-state index contributed by atoms with van der Waals surface area (Å²) in [5.41, 5.74) is 0. The monoisotopic (exact) mass is 256 g/mol. The second-order valence-electron chi connectivity index (χ2n) is 3.85. The Balaban J connectivity index is 3.28. The van der Waals surface area contributed by atoms with Gasteiger partial charge in [0.25, 0.3) is 0 Å². The van der Waals surface area contributed by atoms with Crippen LogP contribution in [-0.4, -0.2) is 57.0 Å². The molecule has 0 aliphatic rings. The minimum atomic E-state index is -4.22. The molecule has 17 heavy (non-hydrogen) atoms. The second kappa shape index (κ2) is 9.67. The van der Waals surface area contributed by atoms with Crippen molar-refractivity contribution in [3.05, 3.63) is 0 Å². The number of ether oxygens (including phenoxy) is 1. The molecular weight excluding hydrogens is 233 g/mol. The summed E-state index contributed by atoms with van der Waals surface area (Å²) in [6.07, 6.45) is -3.11. The summed E-state index contributed by atoms with van der Waals surface area (Å²) >= 11 is 0. The number of rotatable bonds is 10. The molecule has 0 saturated carbocycles. The Labute approximate surface area is 101 Å². The molecule has 0 aliphatic heterocycles. The highest BCUT2D eigenvalue weighted by Crippen LogP contribution is 2.13. The van der Waals surface area contributed by atoms with E-state index in [9.17, 15) is 13.2 Å². The van der Waals surface area contributed by atoms with Crippen LogP contribution in [0.5, 0.6) is 0 Å². The van der Waals surface area contributed by atoms with E-state index in [1.807, 2.05) is 0 Å². The van der Waals surface area contributed by atoms with Crippen LogP contribution in [0.1, 0.15) is 20.3 Å². The average molecular weight is 256 g/mol. The molecule has 0 aromatic rings. The fourth-order valence-corrected chi connectivity index (χ4v) is 1.44. The van der Waals surface area contributed by atoms with Crippen LogP contribution in [0.25, 0.3) is 0 Å². The number of alkyl halides is 3. The maximum Gasteiger partial charge on any atom is 0.411 e. The van der Waals surface area contributed by atoms with Gasteiger partial charge < -0.3 is 15.0 Å². The Kier molecular flexibility index (Phi) is 9.49. The third-order valence-electron chi connectivity index (χ3n) is 2.28. The van der Waals surface area contributed by atoms with E-state index in [0.717, 1.165) is 32.6 Å². The first-order chi connectivity index (χ1) is 7.99. The maximum absolute atomic E-state index is 11.7. The summed E-state index contributed by atoms with van der Waals surface area (Å²) < 4.78 is 39.6. The van der Waals surface area contributed by atoms with Gasteiger partial charge in [0, 0.05) is 19.6 Å². The summed E-state index contributed by atoms with van der Waals surface area (Å²) in [5.74, 6) is 0. The standard InChI is InChI=1S/C11H23F3N2O/c1-3-7-16(4-2)8-5-15-6-9-17-10-11(12,13)14/h15H,3-10H2,1-2H3. The van der Waals surface area contributed by atoms with Crippen molar-refractivity contribution in [1.82, 2.24) is 10.2 Å². The van der Waals surface area contributed by atoms with E-state index in [0.29, 0.717) is 6.54 Å². The highest BCUT2D eigenvalue weighted by molar-refractivity contribution is 4.57. The molecule has 0 fully saturated rings. The van der Waals surface area contributed by atoms with Crippen LogP contribution in [0.2, 0.25) is 0 Å². The Morgan fingerprint density at radius 1 is 1.12 bits per heavy atom. The lowest BCUT2D eigenvalue weighted by Gasteiger charge is -2.19. The predicted octanol–water partition coefficient (Wildman–Crippen LogP) is 1.89. The minimum absolute atomic E-state index is 0.0966. The number of nitrogens with zero attached hydrogens (tertiary/aromatic N) is 1. The molecule has 0 unspecified atom stereocenters. The van der Waals surface area contributed by atoms with E-state index in [1.54, 1.807) is 0 Å². The maximum atomic E-state index is 11.7. The summed E-state index contributed by atoms with van der Waals surface area (Å²) in [6, 6.07) is 0. The van der Waals surface area contributed by atoms with Crippen molar-refractivity contribution in [3.63, 3.8) is 0 Å². The van der Waals surface area contributed by atoms with E-state index in [-0.39, 0.29) is 6.61 Å². The predicted molar refractivity (Wildman–Crippen MR) is 62.1 cm³/mol. The Bertz CT molecular complexity index is 177. The van der Waals surface area contributed by atoms with Crippen LogP contribution in [0, 0.1) is 0 Å². The zero-order valence-electron chi connectivity index (χ0n) is 10.6. The third-order valence-corrected chi connectivity index (χ3v) is 2.28. The van der Waals surface area contributed by atoms with E-state index in [4.69, 9.17) is 0 Å². The van der Waals surface area contributed by atoms with Gasteiger partial charge in [0.2, 0.25) is 0 Å².